The van der Waals surface area contributed by atoms with Gasteiger partial charge in [-0.25, -0.2) is 0 Å². The molecule has 0 aliphatic heterocycles. The summed E-state index contributed by atoms with van der Waals surface area (Å²) in [5.74, 6) is 0.127. The SMILES string of the molecule is CCCCCCC(=O)/C=C/c1c(Cl)cccc1Cl. The van der Waals surface area contributed by atoms with E-state index in [1.165, 1.54) is 12.8 Å². The average molecular weight is 285 g/mol. The number of allylic oxidation sites excluding steroid dienone is 1. The van der Waals surface area contributed by atoms with Crippen molar-refractivity contribution in [2.45, 2.75) is 39.0 Å². The maximum atomic E-state index is 11.6. The second-order valence-corrected chi connectivity index (χ2v) is 5.06. The van der Waals surface area contributed by atoms with Gasteiger partial charge in [0.1, 0.15) is 0 Å². The van der Waals surface area contributed by atoms with E-state index in [0.29, 0.717) is 22.0 Å². The number of carbonyl (C=O) groups is 1. The average Bonchev–Trinajstić information content (AvgIpc) is 2.34. The van der Waals surface area contributed by atoms with E-state index in [1.807, 2.05) is 0 Å². The molecule has 0 saturated carbocycles. The van der Waals surface area contributed by atoms with Gasteiger partial charge in [-0.15, -0.1) is 0 Å². The van der Waals surface area contributed by atoms with Crippen LogP contribution in [0.4, 0.5) is 0 Å². The molecule has 0 unspecified atom stereocenters. The molecular weight excluding hydrogens is 267 g/mol. The van der Waals surface area contributed by atoms with Gasteiger partial charge in [0, 0.05) is 22.0 Å². The zero-order chi connectivity index (χ0) is 13.4. The van der Waals surface area contributed by atoms with Crippen LogP contribution in [0.2, 0.25) is 10.0 Å². The Kier molecular flexibility index (Phi) is 7.07. The number of ketones is 1. The van der Waals surface area contributed by atoms with E-state index in [0.717, 1.165) is 12.8 Å². The fraction of sp³-hybridized carbons (Fsp3) is 0.400. The third-order valence-electron chi connectivity index (χ3n) is 2.71. The Hall–Kier alpha value is -0.790. The molecule has 0 N–H and O–H groups in total. The topological polar surface area (TPSA) is 17.1 Å². The maximum Gasteiger partial charge on any atom is 0.155 e. The van der Waals surface area contributed by atoms with Gasteiger partial charge in [-0.1, -0.05) is 55.5 Å². The summed E-state index contributed by atoms with van der Waals surface area (Å²) in [6.45, 7) is 2.15. The Labute approximate surface area is 119 Å². The lowest BCUT2D eigenvalue weighted by Crippen LogP contribution is -1.92. The van der Waals surface area contributed by atoms with Gasteiger partial charge >= 0.3 is 0 Å². The van der Waals surface area contributed by atoms with Crippen LogP contribution in [0.15, 0.2) is 24.3 Å². The number of unbranched alkanes of at least 4 members (excludes halogenated alkanes) is 3. The molecule has 1 aromatic carbocycles. The molecule has 3 heteroatoms. The molecule has 0 spiro atoms. The molecule has 0 atom stereocenters. The molecule has 1 aromatic rings. The second-order valence-electron chi connectivity index (χ2n) is 4.25. The van der Waals surface area contributed by atoms with E-state index in [-0.39, 0.29) is 5.78 Å². The molecule has 1 rings (SSSR count). The first-order valence-corrected chi connectivity index (χ1v) is 7.05. The predicted octanol–water partition coefficient (Wildman–Crippen LogP) is 5.55. The smallest absolute Gasteiger partial charge is 0.155 e. The lowest BCUT2D eigenvalue weighted by atomic mass is 10.1. The highest BCUT2D eigenvalue weighted by Gasteiger charge is 2.02. The van der Waals surface area contributed by atoms with E-state index in [2.05, 4.69) is 6.92 Å². The van der Waals surface area contributed by atoms with Gasteiger partial charge < -0.3 is 0 Å². The molecule has 0 fully saturated rings. The summed E-state index contributed by atoms with van der Waals surface area (Å²) in [5.41, 5.74) is 0.711. The number of carbonyl (C=O) groups excluding carboxylic acids is 1. The second kappa shape index (κ2) is 8.34. The van der Waals surface area contributed by atoms with Crippen LogP contribution in [-0.2, 0) is 4.79 Å². The van der Waals surface area contributed by atoms with Crippen LogP contribution in [0.25, 0.3) is 6.08 Å². The van der Waals surface area contributed by atoms with Crippen molar-refractivity contribution in [3.8, 4) is 0 Å². The highest BCUT2D eigenvalue weighted by molar-refractivity contribution is 6.37. The van der Waals surface area contributed by atoms with Crippen molar-refractivity contribution in [3.63, 3.8) is 0 Å². The lowest BCUT2D eigenvalue weighted by molar-refractivity contribution is -0.114. The molecule has 0 heterocycles. The van der Waals surface area contributed by atoms with Crippen LogP contribution >= 0.6 is 23.2 Å². The van der Waals surface area contributed by atoms with E-state index < -0.39 is 0 Å². The standard InChI is InChI=1S/C15H18Cl2O/c1-2-3-4-5-7-12(18)10-11-13-14(16)8-6-9-15(13)17/h6,8-11H,2-5,7H2,1H3/b11-10+. The van der Waals surface area contributed by atoms with Crippen LogP contribution in [0.3, 0.4) is 0 Å². The summed E-state index contributed by atoms with van der Waals surface area (Å²) >= 11 is 12.0. The minimum absolute atomic E-state index is 0.127. The number of benzene rings is 1. The summed E-state index contributed by atoms with van der Waals surface area (Å²) in [7, 11) is 0. The largest absolute Gasteiger partial charge is 0.295 e. The Balaban J connectivity index is 2.51. The van der Waals surface area contributed by atoms with Crippen molar-refractivity contribution in [2.75, 3.05) is 0 Å². The Morgan fingerprint density at radius 2 is 1.83 bits per heavy atom. The minimum Gasteiger partial charge on any atom is -0.295 e. The fourth-order valence-electron chi connectivity index (χ4n) is 1.66. The first-order valence-electron chi connectivity index (χ1n) is 6.30. The third kappa shape index (κ3) is 5.24. The van der Waals surface area contributed by atoms with Gasteiger partial charge in [0.2, 0.25) is 0 Å². The Morgan fingerprint density at radius 3 is 2.44 bits per heavy atom. The van der Waals surface area contributed by atoms with Crippen LogP contribution in [0.1, 0.15) is 44.6 Å². The lowest BCUT2D eigenvalue weighted by Gasteiger charge is -2.00. The van der Waals surface area contributed by atoms with Crippen molar-refractivity contribution in [1.29, 1.82) is 0 Å². The first kappa shape index (κ1) is 15.3. The highest BCUT2D eigenvalue weighted by atomic mass is 35.5. The molecule has 98 valence electrons. The number of hydrogen-bond acceptors (Lipinski definition) is 1. The fourth-order valence-corrected chi connectivity index (χ4v) is 2.18. The predicted molar refractivity (Wildman–Crippen MR) is 79.3 cm³/mol. The Bertz CT molecular complexity index is 404. The highest BCUT2D eigenvalue weighted by Crippen LogP contribution is 2.25. The summed E-state index contributed by atoms with van der Waals surface area (Å²) in [4.78, 5) is 11.6. The summed E-state index contributed by atoms with van der Waals surface area (Å²) in [6, 6.07) is 5.31. The first-order chi connectivity index (χ1) is 8.65. The minimum atomic E-state index is 0.127. The zero-order valence-electron chi connectivity index (χ0n) is 10.6. The molecule has 0 radical (unpaired) electrons. The van der Waals surface area contributed by atoms with Crippen molar-refractivity contribution >= 4 is 35.1 Å². The van der Waals surface area contributed by atoms with Gasteiger partial charge in [0.15, 0.2) is 5.78 Å². The third-order valence-corrected chi connectivity index (χ3v) is 3.37. The van der Waals surface area contributed by atoms with Crippen molar-refractivity contribution < 1.29 is 4.79 Å². The van der Waals surface area contributed by atoms with Crippen molar-refractivity contribution in [2.24, 2.45) is 0 Å². The van der Waals surface area contributed by atoms with Crippen molar-refractivity contribution in [3.05, 3.63) is 39.9 Å². The van der Waals surface area contributed by atoms with Gasteiger partial charge in [-0.2, -0.15) is 0 Å². The molecule has 0 aromatic heterocycles. The van der Waals surface area contributed by atoms with E-state index in [4.69, 9.17) is 23.2 Å². The quantitative estimate of drug-likeness (QED) is 0.474. The molecule has 1 nitrogen and oxygen atoms in total. The van der Waals surface area contributed by atoms with Gasteiger partial charge in [-0.05, 0) is 30.7 Å². The number of halogens is 2. The molecule has 0 bridgehead atoms. The van der Waals surface area contributed by atoms with Gasteiger partial charge in [0.05, 0.1) is 0 Å². The molecule has 0 aliphatic rings. The normalized spacial score (nSPS) is 11.1. The van der Waals surface area contributed by atoms with Crippen LogP contribution < -0.4 is 0 Å². The molecular formula is C15H18Cl2O. The molecule has 0 aliphatic carbocycles. The Morgan fingerprint density at radius 1 is 1.17 bits per heavy atom. The van der Waals surface area contributed by atoms with Crippen LogP contribution in [-0.4, -0.2) is 5.78 Å². The summed E-state index contributed by atoms with van der Waals surface area (Å²) in [6.07, 6.45) is 8.30. The molecule has 18 heavy (non-hydrogen) atoms. The number of rotatable bonds is 7. The summed E-state index contributed by atoms with van der Waals surface area (Å²) in [5, 5.41) is 1.13. The molecule has 0 saturated heterocycles. The van der Waals surface area contributed by atoms with Gasteiger partial charge in [0.25, 0.3) is 0 Å². The monoisotopic (exact) mass is 284 g/mol. The maximum absolute atomic E-state index is 11.6. The zero-order valence-corrected chi connectivity index (χ0v) is 12.1. The summed E-state index contributed by atoms with van der Waals surface area (Å²) < 4.78 is 0. The van der Waals surface area contributed by atoms with E-state index in [1.54, 1.807) is 30.4 Å². The van der Waals surface area contributed by atoms with Crippen molar-refractivity contribution in [1.82, 2.24) is 0 Å². The van der Waals surface area contributed by atoms with E-state index in [9.17, 15) is 4.79 Å². The van der Waals surface area contributed by atoms with E-state index >= 15 is 0 Å². The number of hydrogen-bond donors (Lipinski definition) is 0. The van der Waals surface area contributed by atoms with Crippen LogP contribution in [0.5, 0.6) is 0 Å². The van der Waals surface area contributed by atoms with Crippen LogP contribution in [0, 0.1) is 0 Å². The molecule has 0 amide bonds. The van der Waals surface area contributed by atoms with Gasteiger partial charge in [-0.3, -0.25) is 4.79 Å².